The topological polar surface area (TPSA) is 84.6 Å². The second-order valence-electron chi connectivity index (χ2n) is 3.22. The maximum Gasteiger partial charge on any atom is 0.456 e. The number of carbonyl (C=O) groups is 1. The maximum atomic E-state index is 11.2. The Balaban J connectivity index is 3.06. The molecule has 0 bridgehead atoms. The molecule has 1 rings (SSSR count). The first kappa shape index (κ1) is 10.3. The van der Waals surface area contributed by atoms with Gasteiger partial charge in [-0.25, -0.2) is 0 Å². The first-order valence-corrected chi connectivity index (χ1v) is 3.91. The first-order chi connectivity index (χ1) is 6.38. The van der Waals surface area contributed by atoms with E-state index in [1.165, 1.54) is 27.2 Å². The van der Waals surface area contributed by atoms with Gasteiger partial charge in [0.2, 0.25) is 0 Å². The largest absolute Gasteiger partial charge is 0.456 e. The molecule has 0 atom stereocenters. The minimum atomic E-state index is -0.542. The summed E-state index contributed by atoms with van der Waals surface area (Å²) in [6.07, 6.45) is 1.18. The molecule has 0 saturated carbocycles. The van der Waals surface area contributed by atoms with Crippen molar-refractivity contribution in [2.24, 2.45) is 5.10 Å². The molecule has 76 valence electrons. The molecule has 0 fully saturated rings. The Hall–Kier alpha value is -1.76. The molecule has 0 aromatic rings. The molecule has 1 aliphatic heterocycles. The average molecular weight is 199 g/mol. The fourth-order valence-corrected chi connectivity index (χ4v) is 1.12. The summed E-state index contributed by atoms with van der Waals surface area (Å²) in [5.41, 5.74) is 0.0733. The number of carbonyl (C=O) groups excluding carboxylic acids is 1. The van der Waals surface area contributed by atoms with E-state index in [9.17, 15) is 14.9 Å². The molecular weight excluding hydrogens is 188 g/mol. The smallest absolute Gasteiger partial charge is 0.354 e. The number of hydrogen-bond acceptors (Lipinski definition) is 4. The monoisotopic (exact) mass is 199 g/mol. The van der Waals surface area contributed by atoms with E-state index < -0.39 is 10.8 Å². The molecule has 0 unspecified atom stereocenters. The highest BCUT2D eigenvalue weighted by Gasteiger charge is 2.41. The van der Waals surface area contributed by atoms with Gasteiger partial charge in [-0.05, 0) is 0 Å². The van der Waals surface area contributed by atoms with E-state index in [2.05, 4.69) is 10.4 Å². The number of nitrogens with zero attached hydrogens (tertiary/aromatic N) is 3. The number of rotatable bonds is 2. The van der Waals surface area contributed by atoms with E-state index in [0.29, 0.717) is 0 Å². The van der Waals surface area contributed by atoms with Crippen molar-refractivity contribution in [3.05, 3.63) is 22.0 Å². The van der Waals surface area contributed by atoms with Crippen LogP contribution in [0.1, 0.15) is 0 Å². The van der Waals surface area contributed by atoms with Crippen LogP contribution in [0.3, 0.4) is 0 Å². The van der Waals surface area contributed by atoms with Crippen LogP contribution in [-0.4, -0.2) is 42.3 Å². The quantitative estimate of drug-likeness (QED) is 0.362. The molecule has 0 aromatic heterocycles. The van der Waals surface area contributed by atoms with Crippen LogP contribution >= 0.6 is 0 Å². The van der Waals surface area contributed by atoms with Gasteiger partial charge in [-0.2, -0.15) is 0 Å². The first-order valence-electron chi connectivity index (χ1n) is 3.91. The Morgan fingerprint density at radius 1 is 1.64 bits per heavy atom. The molecule has 0 aromatic carbocycles. The highest BCUT2D eigenvalue weighted by Crippen LogP contribution is 2.19. The van der Waals surface area contributed by atoms with Crippen LogP contribution in [0.4, 0.5) is 0 Å². The highest BCUT2D eigenvalue weighted by atomic mass is 16.6. The fraction of sp³-hybridized carbons (Fsp3) is 0.429. The van der Waals surface area contributed by atoms with Crippen LogP contribution in [0, 0.1) is 10.1 Å². The van der Waals surface area contributed by atoms with Crippen LogP contribution in [0.15, 0.2) is 17.0 Å². The van der Waals surface area contributed by atoms with E-state index >= 15 is 0 Å². The summed E-state index contributed by atoms with van der Waals surface area (Å²) in [6.45, 7) is 0. The zero-order chi connectivity index (χ0) is 10.9. The van der Waals surface area contributed by atoms with E-state index in [0.717, 1.165) is 0 Å². The molecule has 1 heterocycles. The van der Waals surface area contributed by atoms with Gasteiger partial charge in [-0.1, -0.05) is 5.10 Å². The van der Waals surface area contributed by atoms with Crippen molar-refractivity contribution >= 4 is 11.6 Å². The highest BCUT2D eigenvalue weighted by molar-refractivity contribution is 6.43. The van der Waals surface area contributed by atoms with Crippen molar-refractivity contribution in [2.75, 3.05) is 21.1 Å². The summed E-state index contributed by atoms with van der Waals surface area (Å²) in [4.78, 5) is 21.2. The van der Waals surface area contributed by atoms with Gasteiger partial charge in [0.1, 0.15) is 25.1 Å². The van der Waals surface area contributed by atoms with Gasteiger partial charge in [-0.15, -0.1) is 4.59 Å². The SMILES string of the molecule is CNC(=O)C1=N[N+](C)(C)C([N+](=O)[O-])=C1. The van der Waals surface area contributed by atoms with Crippen molar-refractivity contribution in [2.45, 2.75) is 0 Å². The second kappa shape index (κ2) is 3.18. The lowest BCUT2D eigenvalue weighted by atomic mass is 10.3. The average Bonchev–Trinajstić information content (AvgIpc) is 2.40. The summed E-state index contributed by atoms with van der Waals surface area (Å²) in [5.74, 6) is -0.545. The third-order valence-electron chi connectivity index (χ3n) is 1.83. The molecule has 0 radical (unpaired) electrons. The van der Waals surface area contributed by atoms with Crippen molar-refractivity contribution in [3.8, 4) is 0 Å². The fourth-order valence-electron chi connectivity index (χ4n) is 1.12. The van der Waals surface area contributed by atoms with Crippen molar-refractivity contribution in [1.29, 1.82) is 0 Å². The molecule has 14 heavy (non-hydrogen) atoms. The van der Waals surface area contributed by atoms with Crippen LogP contribution in [0.2, 0.25) is 0 Å². The predicted octanol–water partition coefficient (Wildman–Crippen LogP) is -0.704. The number of hydrogen-bond donors (Lipinski definition) is 1. The minimum absolute atomic E-state index is 0.0733. The molecule has 0 aliphatic carbocycles. The van der Waals surface area contributed by atoms with Gasteiger partial charge in [0.15, 0.2) is 5.71 Å². The van der Waals surface area contributed by atoms with Crippen molar-refractivity contribution < 1.29 is 14.3 Å². The lowest BCUT2D eigenvalue weighted by molar-refractivity contribution is -0.912. The normalized spacial score (nSPS) is 18.5. The Morgan fingerprint density at radius 2 is 2.21 bits per heavy atom. The molecule has 0 spiro atoms. The van der Waals surface area contributed by atoms with E-state index in [4.69, 9.17) is 0 Å². The zero-order valence-corrected chi connectivity index (χ0v) is 8.14. The van der Waals surface area contributed by atoms with Crippen LogP contribution in [0.25, 0.3) is 0 Å². The van der Waals surface area contributed by atoms with Gasteiger partial charge in [0.25, 0.3) is 5.91 Å². The van der Waals surface area contributed by atoms with E-state index in [1.807, 2.05) is 0 Å². The minimum Gasteiger partial charge on any atom is -0.354 e. The molecular formula is C7H11N4O3+. The number of amides is 1. The second-order valence-corrected chi connectivity index (χ2v) is 3.22. The lowest BCUT2D eigenvalue weighted by Crippen LogP contribution is -2.34. The third-order valence-corrected chi connectivity index (χ3v) is 1.83. The number of nitrogens with one attached hydrogen (secondary N) is 1. The lowest BCUT2D eigenvalue weighted by Gasteiger charge is -2.12. The molecule has 1 N–H and O–H groups in total. The van der Waals surface area contributed by atoms with E-state index in [-0.39, 0.29) is 16.1 Å². The molecule has 0 saturated heterocycles. The van der Waals surface area contributed by atoms with Crippen molar-refractivity contribution in [1.82, 2.24) is 5.32 Å². The summed E-state index contributed by atoms with van der Waals surface area (Å²) < 4.78 is -0.268. The van der Waals surface area contributed by atoms with Crippen LogP contribution in [0.5, 0.6) is 0 Å². The Bertz CT molecular complexity index is 356. The number of nitro groups is 1. The number of quaternary nitrogens is 1. The Morgan fingerprint density at radius 3 is 2.57 bits per heavy atom. The zero-order valence-electron chi connectivity index (χ0n) is 8.14. The van der Waals surface area contributed by atoms with E-state index in [1.54, 1.807) is 0 Å². The summed E-state index contributed by atoms with van der Waals surface area (Å²) in [5, 5.41) is 16.8. The van der Waals surface area contributed by atoms with Gasteiger partial charge < -0.3 is 5.32 Å². The Labute approximate surface area is 80.4 Å². The standard InChI is InChI=1S/C7H10N4O3/c1-8-7(12)5-4-6(10(13)14)11(2,3)9-5/h4H,1-3H3/p+1. The third kappa shape index (κ3) is 1.62. The van der Waals surface area contributed by atoms with Gasteiger partial charge >= 0.3 is 5.82 Å². The summed E-state index contributed by atoms with van der Waals surface area (Å²) in [7, 11) is 4.51. The predicted molar refractivity (Wildman–Crippen MR) is 48.7 cm³/mol. The van der Waals surface area contributed by atoms with Crippen LogP contribution in [-0.2, 0) is 4.79 Å². The van der Waals surface area contributed by atoms with Crippen LogP contribution < -0.4 is 5.32 Å². The van der Waals surface area contributed by atoms with Crippen molar-refractivity contribution in [3.63, 3.8) is 0 Å². The Kier molecular flexibility index (Phi) is 2.35. The van der Waals surface area contributed by atoms with Gasteiger partial charge in [0, 0.05) is 7.05 Å². The molecule has 1 aliphatic rings. The molecule has 7 heteroatoms. The summed E-state index contributed by atoms with van der Waals surface area (Å²) >= 11 is 0. The van der Waals surface area contributed by atoms with Gasteiger partial charge in [0.05, 0.1) is 0 Å². The molecule has 7 nitrogen and oxygen atoms in total. The van der Waals surface area contributed by atoms with Gasteiger partial charge in [-0.3, -0.25) is 14.9 Å². The molecule has 1 amide bonds. The summed E-state index contributed by atoms with van der Waals surface area (Å²) in [6, 6.07) is 0. The maximum absolute atomic E-state index is 11.2.